The average molecular weight is 468 g/mol. The summed E-state index contributed by atoms with van der Waals surface area (Å²) in [5, 5.41) is 6.78. The molecule has 1 saturated carbocycles. The number of likely N-dealkylation sites (N-methyl/N-ethyl adjacent to an activating group) is 1. The Morgan fingerprint density at radius 3 is 2.44 bits per heavy atom. The molecule has 0 aromatic rings. The minimum atomic E-state index is 0. The van der Waals surface area contributed by atoms with E-state index in [2.05, 4.69) is 22.5 Å². The summed E-state index contributed by atoms with van der Waals surface area (Å²) in [5.74, 6) is 0.759. The fraction of sp³-hybridized carbons (Fsp3) is 0.889. The summed E-state index contributed by atoms with van der Waals surface area (Å²) in [5.41, 5.74) is 0.301. The van der Waals surface area contributed by atoms with Crippen molar-refractivity contribution in [1.82, 2.24) is 15.5 Å². The number of nitrogens with zero attached hydrogens (tertiary/aromatic N) is 2. The lowest BCUT2D eigenvalue weighted by molar-refractivity contribution is -0.127. The molecule has 148 valence electrons. The van der Waals surface area contributed by atoms with E-state index in [1.54, 1.807) is 19.0 Å². The minimum Gasteiger partial charge on any atom is -0.382 e. The Kier molecular flexibility index (Phi) is 13.3. The van der Waals surface area contributed by atoms with Gasteiger partial charge in [-0.2, -0.15) is 0 Å². The first-order valence-electron chi connectivity index (χ1n) is 9.33. The molecule has 0 spiro atoms. The van der Waals surface area contributed by atoms with Crippen molar-refractivity contribution in [3.63, 3.8) is 0 Å². The molecular weight excluding hydrogens is 431 g/mol. The van der Waals surface area contributed by atoms with Crippen LogP contribution in [0.25, 0.3) is 0 Å². The zero-order valence-electron chi connectivity index (χ0n) is 16.4. The molecule has 0 unspecified atom stereocenters. The molecule has 1 aliphatic carbocycles. The van der Waals surface area contributed by atoms with Gasteiger partial charge in [0, 0.05) is 40.4 Å². The van der Waals surface area contributed by atoms with Crippen molar-refractivity contribution in [3.05, 3.63) is 0 Å². The molecule has 1 aliphatic rings. The quantitative estimate of drug-likeness (QED) is 0.224. The van der Waals surface area contributed by atoms with Crippen LogP contribution in [0.4, 0.5) is 0 Å². The number of amides is 1. The highest BCUT2D eigenvalue weighted by Crippen LogP contribution is 2.40. The molecule has 1 rings (SSSR count). The monoisotopic (exact) mass is 468 g/mol. The van der Waals surface area contributed by atoms with Gasteiger partial charge >= 0.3 is 0 Å². The first-order chi connectivity index (χ1) is 11.5. The molecule has 0 heterocycles. The fourth-order valence-corrected chi connectivity index (χ4v) is 3.05. The number of rotatable bonds is 10. The molecule has 0 atom stereocenters. The van der Waals surface area contributed by atoms with Gasteiger partial charge in [0.2, 0.25) is 5.91 Å². The Hall–Kier alpha value is -0.570. The zero-order valence-corrected chi connectivity index (χ0v) is 18.7. The number of carbonyl (C=O) groups is 1. The van der Waals surface area contributed by atoms with Crippen LogP contribution in [0.15, 0.2) is 4.99 Å². The van der Waals surface area contributed by atoms with E-state index in [9.17, 15) is 4.79 Å². The van der Waals surface area contributed by atoms with E-state index in [0.717, 1.165) is 45.1 Å². The lowest BCUT2D eigenvalue weighted by Gasteiger charge is -2.30. The maximum Gasteiger partial charge on any atom is 0.243 e. The van der Waals surface area contributed by atoms with Crippen molar-refractivity contribution in [1.29, 1.82) is 0 Å². The van der Waals surface area contributed by atoms with E-state index < -0.39 is 0 Å². The van der Waals surface area contributed by atoms with E-state index in [1.807, 2.05) is 6.92 Å². The average Bonchev–Trinajstić information content (AvgIpc) is 3.03. The SMILES string of the molecule is CCCNC(=NCC(=O)N(C)C)NCC1(CCOCC)CCCC1.I. The summed E-state index contributed by atoms with van der Waals surface area (Å²) >= 11 is 0. The van der Waals surface area contributed by atoms with Gasteiger partial charge in [0.05, 0.1) is 0 Å². The molecule has 0 aromatic heterocycles. The summed E-state index contributed by atoms with van der Waals surface area (Å²) in [6.45, 7) is 7.70. The molecule has 0 radical (unpaired) electrons. The Balaban J connectivity index is 0.00000576. The third kappa shape index (κ3) is 9.63. The van der Waals surface area contributed by atoms with Crippen LogP contribution in [-0.4, -0.2) is 63.7 Å². The van der Waals surface area contributed by atoms with Gasteiger partial charge in [-0.15, -0.1) is 24.0 Å². The van der Waals surface area contributed by atoms with E-state index in [-0.39, 0.29) is 36.4 Å². The number of hydrogen-bond acceptors (Lipinski definition) is 3. The molecule has 0 aliphatic heterocycles. The normalized spacial score (nSPS) is 16.2. The summed E-state index contributed by atoms with van der Waals surface area (Å²) in [4.78, 5) is 17.8. The van der Waals surface area contributed by atoms with Crippen LogP contribution >= 0.6 is 24.0 Å². The first-order valence-corrected chi connectivity index (χ1v) is 9.33. The molecule has 2 N–H and O–H groups in total. The molecule has 7 heteroatoms. The fourth-order valence-electron chi connectivity index (χ4n) is 3.05. The van der Waals surface area contributed by atoms with E-state index in [1.165, 1.54) is 25.7 Å². The van der Waals surface area contributed by atoms with Gasteiger partial charge in [-0.05, 0) is 38.0 Å². The predicted octanol–water partition coefficient (Wildman–Crippen LogP) is 2.62. The van der Waals surface area contributed by atoms with E-state index >= 15 is 0 Å². The number of nitrogens with one attached hydrogen (secondary N) is 2. The summed E-state index contributed by atoms with van der Waals surface area (Å²) in [6, 6.07) is 0. The van der Waals surface area contributed by atoms with Crippen molar-refractivity contribution >= 4 is 35.8 Å². The van der Waals surface area contributed by atoms with Gasteiger partial charge in [-0.3, -0.25) is 4.79 Å². The highest BCUT2D eigenvalue weighted by atomic mass is 127. The third-order valence-corrected chi connectivity index (χ3v) is 4.69. The number of halogens is 1. The largest absolute Gasteiger partial charge is 0.382 e. The highest BCUT2D eigenvalue weighted by Gasteiger charge is 2.33. The van der Waals surface area contributed by atoms with Crippen molar-refractivity contribution in [2.75, 3.05) is 46.9 Å². The lowest BCUT2D eigenvalue weighted by Crippen LogP contribution is -2.44. The molecule has 6 nitrogen and oxygen atoms in total. The Bertz CT molecular complexity index is 397. The van der Waals surface area contributed by atoms with Crippen LogP contribution in [-0.2, 0) is 9.53 Å². The molecule has 1 fully saturated rings. The third-order valence-electron chi connectivity index (χ3n) is 4.69. The van der Waals surface area contributed by atoms with Crippen LogP contribution in [0.5, 0.6) is 0 Å². The van der Waals surface area contributed by atoms with Gasteiger partial charge in [0.1, 0.15) is 6.54 Å². The van der Waals surface area contributed by atoms with Gasteiger partial charge in [-0.25, -0.2) is 4.99 Å². The van der Waals surface area contributed by atoms with Crippen molar-refractivity contribution in [2.45, 2.75) is 52.4 Å². The summed E-state index contributed by atoms with van der Waals surface area (Å²) < 4.78 is 5.57. The second-order valence-electron chi connectivity index (χ2n) is 6.89. The molecule has 0 saturated heterocycles. The summed E-state index contributed by atoms with van der Waals surface area (Å²) in [7, 11) is 3.51. The van der Waals surface area contributed by atoms with Gasteiger partial charge < -0.3 is 20.3 Å². The van der Waals surface area contributed by atoms with Gasteiger partial charge in [0.15, 0.2) is 5.96 Å². The first kappa shape index (κ1) is 24.4. The number of hydrogen-bond donors (Lipinski definition) is 2. The van der Waals surface area contributed by atoms with E-state index in [0.29, 0.717) is 5.41 Å². The molecule has 0 bridgehead atoms. The van der Waals surface area contributed by atoms with E-state index in [4.69, 9.17) is 4.74 Å². The Labute approximate surface area is 170 Å². The minimum absolute atomic E-state index is 0. The Morgan fingerprint density at radius 2 is 1.88 bits per heavy atom. The lowest BCUT2D eigenvalue weighted by atomic mass is 9.83. The summed E-state index contributed by atoms with van der Waals surface area (Å²) in [6.07, 6.45) is 7.18. The van der Waals surface area contributed by atoms with Crippen LogP contribution in [0.3, 0.4) is 0 Å². The van der Waals surface area contributed by atoms with Gasteiger partial charge in [-0.1, -0.05) is 19.8 Å². The van der Waals surface area contributed by atoms with Crippen LogP contribution in [0.1, 0.15) is 52.4 Å². The number of guanidine groups is 1. The van der Waals surface area contributed by atoms with Crippen LogP contribution in [0, 0.1) is 5.41 Å². The maximum atomic E-state index is 11.8. The van der Waals surface area contributed by atoms with Crippen LogP contribution in [0.2, 0.25) is 0 Å². The smallest absolute Gasteiger partial charge is 0.243 e. The molecule has 25 heavy (non-hydrogen) atoms. The Morgan fingerprint density at radius 1 is 1.20 bits per heavy atom. The maximum absolute atomic E-state index is 11.8. The van der Waals surface area contributed by atoms with Crippen LogP contribution < -0.4 is 10.6 Å². The molecule has 1 amide bonds. The van der Waals surface area contributed by atoms with Gasteiger partial charge in [0.25, 0.3) is 0 Å². The molecular formula is C18H37IN4O2. The highest BCUT2D eigenvalue weighted by molar-refractivity contribution is 14.0. The number of aliphatic imine (C=N–C) groups is 1. The van der Waals surface area contributed by atoms with Crippen molar-refractivity contribution in [2.24, 2.45) is 10.4 Å². The topological polar surface area (TPSA) is 66.0 Å². The van der Waals surface area contributed by atoms with Crippen molar-refractivity contribution in [3.8, 4) is 0 Å². The zero-order chi connectivity index (χ0) is 17.8. The predicted molar refractivity (Wildman–Crippen MR) is 115 cm³/mol. The second-order valence-corrected chi connectivity index (χ2v) is 6.89. The van der Waals surface area contributed by atoms with Crippen molar-refractivity contribution < 1.29 is 9.53 Å². The standard InChI is InChI=1S/C18H36N4O2.HI/c1-5-12-19-17(20-14-16(23)22(3)4)21-15-18(9-7-8-10-18)11-13-24-6-2;/h5-15H2,1-4H3,(H2,19,20,21);1H. The number of carbonyl (C=O) groups excluding carboxylic acids is 1. The number of ether oxygens (including phenoxy) is 1. The second kappa shape index (κ2) is 13.6. The molecule has 0 aromatic carbocycles.